The van der Waals surface area contributed by atoms with Gasteiger partial charge in [0.15, 0.2) is 0 Å². The molecule has 1 rings (SSSR count). The van der Waals surface area contributed by atoms with Crippen molar-refractivity contribution in [2.24, 2.45) is 5.73 Å². The number of amides is 1. The van der Waals surface area contributed by atoms with E-state index in [1.54, 1.807) is 6.07 Å². The fourth-order valence-corrected chi connectivity index (χ4v) is 2.31. The van der Waals surface area contributed by atoms with Gasteiger partial charge in [-0.15, -0.1) is 0 Å². The van der Waals surface area contributed by atoms with E-state index >= 15 is 0 Å². The van der Waals surface area contributed by atoms with Gasteiger partial charge in [0.2, 0.25) is 5.91 Å². The van der Waals surface area contributed by atoms with Gasteiger partial charge < -0.3 is 11.1 Å². The summed E-state index contributed by atoms with van der Waals surface area (Å²) in [6.07, 6.45) is 2.18. The molecule has 5 heteroatoms. The van der Waals surface area contributed by atoms with Crippen molar-refractivity contribution in [3.63, 3.8) is 0 Å². The Balaban J connectivity index is 2.72. The Bertz CT molecular complexity index is 504. The zero-order valence-corrected chi connectivity index (χ0v) is 14.0. The van der Waals surface area contributed by atoms with E-state index in [0.29, 0.717) is 16.7 Å². The molecular formula is C16H25N3OS. The van der Waals surface area contributed by atoms with Gasteiger partial charge in [0.05, 0.1) is 6.04 Å². The highest BCUT2D eigenvalue weighted by Crippen LogP contribution is 2.13. The Labute approximate surface area is 132 Å². The highest BCUT2D eigenvalue weighted by Gasteiger charge is 2.21. The van der Waals surface area contributed by atoms with E-state index in [0.717, 1.165) is 18.4 Å². The monoisotopic (exact) mass is 307 g/mol. The first-order valence-electron chi connectivity index (χ1n) is 7.29. The standard InChI is InChI=1S/C16H25N3OS/c1-5-7-11(2)19(4)12(3)16(20)18-14-9-6-8-13(10-14)15(17)21/h6,8-12H,5,7H2,1-4H3,(H2,17,21)(H,18,20). The molecule has 0 aliphatic heterocycles. The van der Waals surface area contributed by atoms with Gasteiger partial charge in [-0.25, -0.2) is 0 Å². The number of carbonyl (C=O) groups is 1. The molecule has 1 amide bonds. The molecule has 0 saturated heterocycles. The first-order chi connectivity index (χ1) is 9.86. The van der Waals surface area contributed by atoms with Crippen molar-refractivity contribution in [3.05, 3.63) is 29.8 Å². The quantitative estimate of drug-likeness (QED) is 0.761. The number of benzene rings is 1. The van der Waals surface area contributed by atoms with Gasteiger partial charge in [-0.05, 0) is 39.4 Å². The van der Waals surface area contributed by atoms with Crippen molar-refractivity contribution in [1.82, 2.24) is 4.90 Å². The van der Waals surface area contributed by atoms with E-state index in [1.165, 1.54) is 0 Å². The second kappa shape index (κ2) is 8.10. The minimum atomic E-state index is -0.194. The molecule has 21 heavy (non-hydrogen) atoms. The van der Waals surface area contributed by atoms with Crippen LogP contribution in [-0.4, -0.2) is 34.9 Å². The summed E-state index contributed by atoms with van der Waals surface area (Å²) in [6, 6.07) is 7.47. The SMILES string of the molecule is CCCC(C)N(C)C(C)C(=O)Nc1cccc(C(N)=S)c1. The Kier molecular flexibility index (Phi) is 6.78. The molecule has 0 heterocycles. The maximum Gasteiger partial charge on any atom is 0.241 e. The molecule has 0 spiro atoms. The molecular weight excluding hydrogens is 282 g/mol. The summed E-state index contributed by atoms with van der Waals surface area (Å²) in [5.41, 5.74) is 7.07. The molecule has 0 radical (unpaired) electrons. The fourth-order valence-electron chi connectivity index (χ4n) is 2.19. The number of anilines is 1. The molecule has 0 aliphatic carbocycles. The Morgan fingerprint density at radius 2 is 2.10 bits per heavy atom. The first-order valence-corrected chi connectivity index (χ1v) is 7.70. The van der Waals surface area contributed by atoms with Crippen molar-refractivity contribution in [3.8, 4) is 0 Å². The van der Waals surface area contributed by atoms with Crippen molar-refractivity contribution < 1.29 is 4.79 Å². The van der Waals surface area contributed by atoms with Crippen LogP contribution in [0.5, 0.6) is 0 Å². The van der Waals surface area contributed by atoms with Crippen molar-refractivity contribution in [1.29, 1.82) is 0 Å². The topological polar surface area (TPSA) is 58.4 Å². The van der Waals surface area contributed by atoms with Crippen molar-refractivity contribution in [2.75, 3.05) is 12.4 Å². The summed E-state index contributed by atoms with van der Waals surface area (Å²) in [6.45, 7) is 6.20. The van der Waals surface area contributed by atoms with Crippen LogP contribution in [0, 0.1) is 0 Å². The van der Waals surface area contributed by atoms with E-state index in [4.69, 9.17) is 18.0 Å². The molecule has 0 bridgehead atoms. The molecule has 0 aliphatic rings. The zero-order chi connectivity index (χ0) is 16.0. The van der Waals surface area contributed by atoms with Crippen LogP contribution in [0.25, 0.3) is 0 Å². The molecule has 116 valence electrons. The average Bonchev–Trinajstić information content (AvgIpc) is 2.46. The van der Waals surface area contributed by atoms with Gasteiger partial charge in [-0.1, -0.05) is 37.7 Å². The van der Waals surface area contributed by atoms with Crippen molar-refractivity contribution >= 4 is 28.8 Å². The van der Waals surface area contributed by atoms with Gasteiger partial charge in [0.25, 0.3) is 0 Å². The molecule has 1 aromatic rings. The largest absolute Gasteiger partial charge is 0.389 e. The number of thiocarbonyl (C=S) groups is 1. The molecule has 1 aromatic carbocycles. The lowest BCUT2D eigenvalue weighted by Gasteiger charge is -2.29. The second-order valence-electron chi connectivity index (χ2n) is 5.41. The van der Waals surface area contributed by atoms with Gasteiger partial charge in [0, 0.05) is 17.3 Å². The van der Waals surface area contributed by atoms with Gasteiger partial charge in [-0.3, -0.25) is 9.69 Å². The maximum absolute atomic E-state index is 12.3. The molecule has 2 unspecified atom stereocenters. The highest BCUT2D eigenvalue weighted by molar-refractivity contribution is 7.80. The van der Waals surface area contributed by atoms with Crippen LogP contribution in [0.2, 0.25) is 0 Å². The number of nitrogens with two attached hydrogens (primary N) is 1. The summed E-state index contributed by atoms with van der Waals surface area (Å²) in [5.74, 6) is -0.0273. The lowest BCUT2D eigenvalue weighted by molar-refractivity contribution is -0.121. The van der Waals surface area contributed by atoms with E-state index in [9.17, 15) is 4.79 Å². The fraction of sp³-hybridized carbons (Fsp3) is 0.500. The summed E-state index contributed by atoms with van der Waals surface area (Å²) < 4.78 is 0. The average molecular weight is 307 g/mol. The van der Waals surface area contributed by atoms with Crippen LogP contribution in [-0.2, 0) is 4.79 Å². The minimum absolute atomic E-state index is 0.0273. The highest BCUT2D eigenvalue weighted by atomic mass is 32.1. The van der Waals surface area contributed by atoms with Crippen LogP contribution in [0.4, 0.5) is 5.69 Å². The lowest BCUT2D eigenvalue weighted by atomic mass is 10.1. The van der Waals surface area contributed by atoms with Gasteiger partial charge in [0.1, 0.15) is 4.99 Å². The maximum atomic E-state index is 12.3. The number of likely N-dealkylation sites (N-methyl/N-ethyl adjacent to an activating group) is 1. The lowest BCUT2D eigenvalue weighted by Crippen LogP contribution is -2.44. The number of nitrogens with zero attached hydrogens (tertiary/aromatic N) is 1. The van der Waals surface area contributed by atoms with E-state index < -0.39 is 0 Å². The predicted octanol–water partition coefficient (Wildman–Crippen LogP) is 2.77. The zero-order valence-electron chi connectivity index (χ0n) is 13.2. The minimum Gasteiger partial charge on any atom is -0.389 e. The molecule has 2 atom stereocenters. The van der Waals surface area contributed by atoms with E-state index in [1.807, 2.05) is 32.2 Å². The molecule has 0 aromatic heterocycles. The third-order valence-corrected chi connectivity index (χ3v) is 4.04. The van der Waals surface area contributed by atoms with E-state index in [-0.39, 0.29) is 11.9 Å². The third kappa shape index (κ3) is 5.10. The first kappa shape index (κ1) is 17.6. The summed E-state index contributed by atoms with van der Waals surface area (Å²) in [4.78, 5) is 14.7. The van der Waals surface area contributed by atoms with Crippen LogP contribution < -0.4 is 11.1 Å². The predicted molar refractivity (Wildman–Crippen MR) is 92.6 cm³/mol. The normalized spacial score (nSPS) is 13.8. The van der Waals surface area contributed by atoms with Crippen LogP contribution in [0.3, 0.4) is 0 Å². The van der Waals surface area contributed by atoms with Crippen LogP contribution in [0.15, 0.2) is 24.3 Å². The number of nitrogens with one attached hydrogen (secondary N) is 1. The van der Waals surface area contributed by atoms with Crippen LogP contribution >= 0.6 is 12.2 Å². The summed E-state index contributed by atoms with van der Waals surface area (Å²) in [5, 5.41) is 2.92. The number of hydrogen-bond donors (Lipinski definition) is 2. The smallest absolute Gasteiger partial charge is 0.241 e. The number of rotatable bonds is 7. The molecule has 0 fully saturated rings. The Morgan fingerprint density at radius 3 is 2.67 bits per heavy atom. The molecule has 3 N–H and O–H groups in total. The summed E-state index contributed by atoms with van der Waals surface area (Å²) in [7, 11) is 1.98. The molecule has 4 nitrogen and oxygen atoms in total. The van der Waals surface area contributed by atoms with Gasteiger partial charge in [-0.2, -0.15) is 0 Å². The second-order valence-corrected chi connectivity index (χ2v) is 5.85. The van der Waals surface area contributed by atoms with Crippen molar-refractivity contribution in [2.45, 2.75) is 45.7 Å². The summed E-state index contributed by atoms with van der Waals surface area (Å²) >= 11 is 4.95. The van der Waals surface area contributed by atoms with E-state index in [2.05, 4.69) is 24.1 Å². The molecule has 0 saturated carbocycles. The van der Waals surface area contributed by atoms with Gasteiger partial charge >= 0.3 is 0 Å². The Morgan fingerprint density at radius 1 is 1.43 bits per heavy atom. The third-order valence-electron chi connectivity index (χ3n) is 3.81. The Hall–Kier alpha value is -1.46. The number of carbonyl (C=O) groups excluding carboxylic acids is 1. The van der Waals surface area contributed by atoms with Crippen LogP contribution in [0.1, 0.15) is 39.2 Å². The number of hydrogen-bond acceptors (Lipinski definition) is 3.